The highest BCUT2D eigenvalue weighted by molar-refractivity contribution is 4.81. The summed E-state index contributed by atoms with van der Waals surface area (Å²) < 4.78 is 25.1. The third-order valence-corrected chi connectivity index (χ3v) is 2.02. The number of halogens is 2. The van der Waals surface area contributed by atoms with Crippen molar-refractivity contribution in [2.45, 2.75) is 25.2 Å². The fourth-order valence-corrected chi connectivity index (χ4v) is 1.42. The summed E-state index contributed by atoms with van der Waals surface area (Å²) in [6, 6.07) is 0. The van der Waals surface area contributed by atoms with Gasteiger partial charge in [0.05, 0.1) is 7.11 Å². The average molecular weight is 165 g/mol. The van der Waals surface area contributed by atoms with Crippen molar-refractivity contribution in [1.82, 2.24) is 5.48 Å². The molecule has 1 atom stereocenters. The van der Waals surface area contributed by atoms with E-state index in [1.165, 1.54) is 7.11 Å². The van der Waals surface area contributed by atoms with Crippen LogP contribution in [-0.2, 0) is 4.84 Å². The first-order chi connectivity index (χ1) is 5.14. The van der Waals surface area contributed by atoms with Crippen LogP contribution in [0.2, 0.25) is 0 Å². The lowest BCUT2D eigenvalue weighted by Crippen LogP contribution is -2.21. The number of hydroxylamine groups is 1. The van der Waals surface area contributed by atoms with E-state index >= 15 is 0 Å². The zero-order chi connectivity index (χ0) is 8.32. The largest absolute Gasteiger partial charge is 0.305 e. The molecule has 11 heavy (non-hydrogen) atoms. The first-order valence-electron chi connectivity index (χ1n) is 3.78. The minimum Gasteiger partial charge on any atom is -0.305 e. The van der Waals surface area contributed by atoms with E-state index in [1.54, 1.807) is 0 Å². The van der Waals surface area contributed by atoms with Crippen LogP contribution in [0, 0.1) is 5.92 Å². The van der Waals surface area contributed by atoms with Gasteiger partial charge in [0.25, 0.3) is 0 Å². The lowest BCUT2D eigenvalue weighted by Gasteiger charge is -2.09. The van der Waals surface area contributed by atoms with Crippen molar-refractivity contribution >= 4 is 0 Å². The van der Waals surface area contributed by atoms with Gasteiger partial charge in [0.2, 0.25) is 5.92 Å². The van der Waals surface area contributed by atoms with Gasteiger partial charge in [-0.15, -0.1) is 0 Å². The van der Waals surface area contributed by atoms with Crippen molar-refractivity contribution in [3.05, 3.63) is 0 Å². The molecule has 1 fully saturated rings. The molecule has 0 aliphatic heterocycles. The van der Waals surface area contributed by atoms with Gasteiger partial charge in [-0.2, -0.15) is 0 Å². The second-order valence-corrected chi connectivity index (χ2v) is 3.02. The van der Waals surface area contributed by atoms with E-state index in [0.717, 1.165) is 0 Å². The minimum absolute atomic E-state index is 0.00333. The lowest BCUT2D eigenvalue weighted by molar-refractivity contribution is 0.00198. The number of nitrogens with one attached hydrogen (secondary N) is 1. The van der Waals surface area contributed by atoms with Crippen molar-refractivity contribution in [3.63, 3.8) is 0 Å². The van der Waals surface area contributed by atoms with E-state index < -0.39 is 5.92 Å². The molecular weight excluding hydrogens is 152 g/mol. The van der Waals surface area contributed by atoms with Gasteiger partial charge in [0.15, 0.2) is 0 Å². The van der Waals surface area contributed by atoms with E-state index in [0.29, 0.717) is 13.0 Å². The smallest absolute Gasteiger partial charge is 0.248 e. The molecule has 66 valence electrons. The molecule has 2 nitrogen and oxygen atoms in total. The first-order valence-corrected chi connectivity index (χ1v) is 3.78. The molecule has 0 bridgehead atoms. The molecule has 1 unspecified atom stereocenters. The van der Waals surface area contributed by atoms with Crippen molar-refractivity contribution < 1.29 is 13.6 Å². The maximum Gasteiger partial charge on any atom is 0.248 e. The Morgan fingerprint density at radius 1 is 1.64 bits per heavy atom. The van der Waals surface area contributed by atoms with Crippen LogP contribution in [-0.4, -0.2) is 19.6 Å². The van der Waals surface area contributed by atoms with Crippen molar-refractivity contribution in [2.75, 3.05) is 13.7 Å². The van der Waals surface area contributed by atoms with Gasteiger partial charge in [-0.05, 0) is 12.3 Å². The minimum atomic E-state index is -2.43. The fourth-order valence-electron chi connectivity index (χ4n) is 1.42. The summed E-state index contributed by atoms with van der Waals surface area (Å²) in [4.78, 5) is 4.58. The highest BCUT2D eigenvalue weighted by Crippen LogP contribution is 2.38. The maximum absolute atomic E-state index is 12.6. The first kappa shape index (κ1) is 8.87. The van der Waals surface area contributed by atoms with Gasteiger partial charge in [0, 0.05) is 19.4 Å². The molecule has 1 rings (SSSR count). The van der Waals surface area contributed by atoms with Gasteiger partial charge in [-0.25, -0.2) is 14.3 Å². The van der Waals surface area contributed by atoms with Gasteiger partial charge in [-0.3, -0.25) is 0 Å². The Morgan fingerprint density at radius 2 is 2.36 bits per heavy atom. The Morgan fingerprint density at radius 3 is 2.82 bits per heavy atom. The average Bonchev–Trinajstić information content (AvgIpc) is 2.26. The molecule has 0 saturated heterocycles. The van der Waals surface area contributed by atoms with Crippen LogP contribution in [0.1, 0.15) is 19.3 Å². The van der Waals surface area contributed by atoms with E-state index in [4.69, 9.17) is 0 Å². The molecule has 1 aliphatic carbocycles. The molecule has 4 heteroatoms. The summed E-state index contributed by atoms with van der Waals surface area (Å²) >= 11 is 0. The van der Waals surface area contributed by atoms with Crippen LogP contribution in [0.5, 0.6) is 0 Å². The van der Waals surface area contributed by atoms with Crippen LogP contribution in [0.4, 0.5) is 8.78 Å². The molecule has 0 radical (unpaired) electrons. The molecule has 1 N–H and O–H groups in total. The van der Waals surface area contributed by atoms with Crippen LogP contribution < -0.4 is 5.48 Å². The third kappa shape index (κ3) is 2.71. The van der Waals surface area contributed by atoms with E-state index in [2.05, 4.69) is 10.3 Å². The highest BCUT2D eigenvalue weighted by atomic mass is 19.3. The summed E-state index contributed by atoms with van der Waals surface area (Å²) in [6.45, 7) is 0.534. The molecule has 1 saturated carbocycles. The standard InChI is InChI=1S/C7H13F2NO/c1-11-10-5-6-2-3-7(8,9)4-6/h6,10H,2-5H2,1H3. The van der Waals surface area contributed by atoms with Gasteiger partial charge >= 0.3 is 0 Å². The maximum atomic E-state index is 12.6. The van der Waals surface area contributed by atoms with Crippen LogP contribution in [0.3, 0.4) is 0 Å². The van der Waals surface area contributed by atoms with Gasteiger partial charge in [-0.1, -0.05) is 0 Å². The predicted octanol–water partition coefficient (Wildman–Crippen LogP) is 1.57. The van der Waals surface area contributed by atoms with Gasteiger partial charge < -0.3 is 4.84 Å². The second-order valence-electron chi connectivity index (χ2n) is 3.02. The van der Waals surface area contributed by atoms with Crippen LogP contribution >= 0.6 is 0 Å². The van der Waals surface area contributed by atoms with Crippen molar-refractivity contribution in [1.29, 1.82) is 0 Å². The number of hydrogen-bond donors (Lipinski definition) is 1. The van der Waals surface area contributed by atoms with E-state index in [-0.39, 0.29) is 18.8 Å². The fraction of sp³-hybridized carbons (Fsp3) is 1.00. The Bertz CT molecular complexity index is 130. The third-order valence-electron chi connectivity index (χ3n) is 2.02. The predicted molar refractivity (Wildman–Crippen MR) is 37.3 cm³/mol. The topological polar surface area (TPSA) is 21.3 Å². The Balaban J connectivity index is 2.20. The Labute approximate surface area is 64.9 Å². The monoisotopic (exact) mass is 165 g/mol. The quantitative estimate of drug-likeness (QED) is 0.641. The number of rotatable bonds is 3. The summed E-state index contributed by atoms with van der Waals surface area (Å²) in [6.07, 6.45) is 0.635. The normalized spacial score (nSPS) is 29.2. The number of alkyl halides is 2. The molecule has 0 aromatic carbocycles. The summed E-state index contributed by atoms with van der Waals surface area (Å²) in [5.41, 5.74) is 2.59. The molecule has 0 amide bonds. The van der Waals surface area contributed by atoms with Crippen molar-refractivity contribution in [3.8, 4) is 0 Å². The Kier molecular flexibility index (Phi) is 2.78. The van der Waals surface area contributed by atoms with Crippen LogP contribution in [0.25, 0.3) is 0 Å². The Hall–Kier alpha value is -0.220. The lowest BCUT2D eigenvalue weighted by atomic mass is 10.1. The van der Waals surface area contributed by atoms with E-state index in [9.17, 15) is 8.78 Å². The molecule has 1 aliphatic rings. The SMILES string of the molecule is CONCC1CCC(F)(F)C1. The summed E-state index contributed by atoms with van der Waals surface area (Å²) in [5.74, 6) is -2.36. The molecule has 0 aromatic rings. The zero-order valence-electron chi connectivity index (χ0n) is 6.57. The highest BCUT2D eigenvalue weighted by Gasteiger charge is 2.38. The molecular formula is C7H13F2NO. The molecule has 0 spiro atoms. The molecule has 0 heterocycles. The summed E-state index contributed by atoms with van der Waals surface area (Å²) in [7, 11) is 1.49. The van der Waals surface area contributed by atoms with E-state index in [1.807, 2.05) is 0 Å². The van der Waals surface area contributed by atoms with Crippen molar-refractivity contribution in [2.24, 2.45) is 5.92 Å². The molecule has 0 aromatic heterocycles. The number of hydrogen-bond acceptors (Lipinski definition) is 2. The zero-order valence-corrected chi connectivity index (χ0v) is 6.57. The second kappa shape index (κ2) is 3.45. The summed E-state index contributed by atoms with van der Waals surface area (Å²) in [5, 5.41) is 0. The van der Waals surface area contributed by atoms with Crippen LogP contribution in [0.15, 0.2) is 0 Å². The van der Waals surface area contributed by atoms with Gasteiger partial charge in [0.1, 0.15) is 0 Å².